The molecule has 0 aliphatic rings. The van der Waals surface area contributed by atoms with Gasteiger partial charge in [0.05, 0.1) is 0 Å². The van der Waals surface area contributed by atoms with Crippen molar-refractivity contribution in [3.8, 4) is 0 Å². The average Bonchev–Trinajstić information content (AvgIpc) is 2.33. The van der Waals surface area contributed by atoms with Crippen molar-refractivity contribution in [1.82, 2.24) is 9.36 Å². The molecule has 2 heterocycles. The van der Waals surface area contributed by atoms with Gasteiger partial charge < -0.3 is 0 Å². The van der Waals surface area contributed by atoms with E-state index in [-0.39, 0.29) is 0 Å². The van der Waals surface area contributed by atoms with E-state index < -0.39 is 0 Å². The van der Waals surface area contributed by atoms with E-state index in [0.29, 0.717) is 5.15 Å². The molecular weight excluding hydrogens is 180 g/mol. The summed E-state index contributed by atoms with van der Waals surface area (Å²) in [7, 11) is 0. The summed E-state index contributed by atoms with van der Waals surface area (Å²) >= 11 is 7.17. The number of aromatic nitrogens is 2. The number of pyridine rings is 1. The maximum Gasteiger partial charge on any atom is 0.129 e. The number of halogens is 1. The Morgan fingerprint density at radius 2 is 2.27 bits per heavy atom. The van der Waals surface area contributed by atoms with Crippen LogP contribution in [0.2, 0.25) is 5.15 Å². The molecule has 0 amide bonds. The van der Waals surface area contributed by atoms with Crippen molar-refractivity contribution in [3.63, 3.8) is 0 Å². The Labute approximate surface area is 73.0 Å². The topological polar surface area (TPSA) is 25.8 Å². The highest BCUT2D eigenvalue weighted by Gasteiger charge is 2.02. The van der Waals surface area contributed by atoms with Crippen LogP contribution < -0.4 is 0 Å². The van der Waals surface area contributed by atoms with Crippen LogP contribution >= 0.6 is 23.1 Å². The Morgan fingerprint density at radius 3 is 3.09 bits per heavy atom. The zero-order valence-corrected chi connectivity index (χ0v) is 7.41. The van der Waals surface area contributed by atoms with E-state index in [1.807, 2.05) is 13.0 Å². The average molecular weight is 185 g/mol. The van der Waals surface area contributed by atoms with E-state index in [0.717, 1.165) is 15.9 Å². The van der Waals surface area contributed by atoms with E-state index >= 15 is 0 Å². The lowest BCUT2D eigenvalue weighted by Crippen LogP contribution is -1.76. The summed E-state index contributed by atoms with van der Waals surface area (Å²) in [6.45, 7) is 1.99. The van der Waals surface area contributed by atoms with Crippen molar-refractivity contribution in [2.24, 2.45) is 0 Å². The van der Waals surface area contributed by atoms with Gasteiger partial charge in [0.15, 0.2) is 0 Å². The van der Waals surface area contributed by atoms with Gasteiger partial charge in [0.1, 0.15) is 16.2 Å². The van der Waals surface area contributed by atoms with Crippen molar-refractivity contribution in [2.45, 2.75) is 6.92 Å². The summed E-state index contributed by atoms with van der Waals surface area (Å²) in [5.74, 6) is 0. The van der Waals surface area contributed by atoms with E-state index in [4.69, 9.17) is 11.6 Å². The first-order valence-electron chi connectivity index (χ1n) is 3.16. The number of rotatable bonds is 0. The molecular formula is C7H5ClN2S. The van der Waals surface area contributed by atoms with E-state index in [1.54, 1.807) is 6.07 Å². The zero-order chi connectivity index (χ0) is 7.84. The molecule has 0 aliphatic heterocycles. The molecule has 0 radical (unpaired) electrons. The third-order valence-corrected chi connectivity index (χ3v) is 2.42. The molecule has 2 rings (SSSR count). The SMILES string of the molecule is Cc1snc2ccc(Cl)nc12. The van der Waals surface area contributed by atoms with Crippen molar-refractivity contribution >= 4 is 34.2 Å². The van der Waals surface area contributed by atoms with E-state index in [2.05, 4.69) is 9.36 Å². The first kappa shape index (κ1) is 7.00. The van der Waals surface area contributed by atoms with Gasteiger partial charge in [0.25, 0.3) is 0 Å². The van der Waals surface area contributed by atoms with Crippen LogP contribution in [0.25, 0.3) is 11.0 Å². The van der Waals surface area contributed by atoms with Gasteiger partial charge in [-0.25, -0.2) is 4.98 Å². The first-order chi connectivity index (χ1) is 5.27. The lowest BCUT2D eigenvalue weighted by Gasteiger charge is -1.88. The number of aryl methyl sites for hydroxylation is 1. The summed E-state index contributed by atoms with van der Waals surface area (Å²) in [6, 6.07) is 3.64. The Hall–Kier alpha value is -0.670. The molecule has 0 N–H and O–H groups in total. The van der Waals surface area contributed by atoms with E-state index in [9.17, 15) is 0 Å². The summed E-state index contributed by atoms with van der Waals surface area (Å²) in [5.41, 5.74) is 1.85. The van der Waals surface area contributed by atoms with Gasteiger partial charge >= 0.3 is 0 Å². The maximum absolute atomic E-state index is 5.71. The highest BCUT2D eigenvalue weighted by molar-refractivity contribution is 7.07. The highest BCUT2D eigenvalue weighted by Crippen LogP contribution is 2.20. The maximum atomic E-state index is 5.71. The molecule has 0 bridgehead atoms. The molecule has 2 aromatic heterocycles. The Bertz CT molecular complexity index is 396. The molecule has 56 valence electrons. The Balaban J connectivity index is 2.87. The fourth-order valence-electron chi connectivity index (χ4n) is 0.922. The number of fused-ring (bicyclic) bond motifs is 1. The van der Waals surface area contributed by atoms with Gasteiger partial charge in [-0.2, -0.15) is 4.37 Å². The standard InChI is InChI=1S/C7H5ClN2S/c1-4-7-5(10-11-4)2-3-6(8)9-7/h2-3H,1H3. The normalized spacial score (nSPS) is 10.7. The smallest absolute Gasteiger partial charge is 0.129 e. The van der Waals surface area contributed by atoms with Crippen LogP contribution in [0.1, 0.15) is 4.88 Å². The molecule has 0 fully saturated rings. The second kappa shape index (κ2) is 2.43. The fraction of sp³-hybridized carbons (Fsp3) is 0.143. The summed E-state index contributed by atoms with van der Waals surface area (Å²) < 4.78 is 4.18. The van der Waals surface area contributed by atoms with Gasteiger partial charge in [0.2, 0.25) is 0 Å². The van der Waals surface area contributed by atoms with Gasteiger partial charge in [-0.05, 0) is 30.6 Å². The molecule has 0 atom stereocenters. The number of hydrogen-bond donors (Lipinski definition) is 0. The van der Waals surface area contributed by atoms with Gasteiger partial charge in [-0.3, -0.25) is 0 Å². The first-order valence-corrected chi connectivity index (χ1v) is 4.31. The largest absolute Gasteiger partial charge is 0.233 e. The van der Waals surface area contributed by atoms with Crippen LogP contribution in [-0.2, 0) is 0 Å². The summed E-state index contributed by atoms with van der Waals surface area (Å²) in [4.78, 5) is 5.26. The highest BCUT2D eigenvalue weighted by atomic mass is 35.5. The van der Waals surface area contributed by atoms with Crippen LogP contribution in [0.15, 0.2) is 12.1 Å². The second-order valence-corrected chi connectivity index (χ2v) is 3.61. The van der Waals surface area contributed by atoms with Gasteiger partial charge in [-0.1, -0.05) is 11.6 Å². The predicted molar refractivity (Wildman–Crippen MR) is 47.2 cm³/mol. The van der Waals surface area contributed by atoms with Crippen LogP contribution in [0.3, 0.4) is 0 Å². The van der Waals surface area contributed by atoms with Crippen LogP contribution in [-0.4, -0.2) is 9.36 Å². The van der Waals surface area contributed by atoms with E-state index in [1.165, 1.54) is 11.5 Å². The van der Waals surface area contributed by atoms with Gasteiger partial charge in [0, 0.05) is 4.88 Å². The lowest BCUT2D eigenvalue weighted by atomic mass is 10.3. The Morgan fingerprint density at radius 1 is 1.45 bits per heavy atom. The monoisotopic (exact) mass is 184 g/mol. The third kappa shape index (κ3) is 1.10. The predicted octanol–water partition coefficient (Wildman–Crippen LogP) is 2.65. The summed E-state index contributed by atoms with van der Waals surface area (Å²) in [5, 5.41) is 0.529. The van der Waals surface area contributed by atoms with Crippen molar-refractivity contribution in [3.05, 3.63) is 22.2 Å². The van der Waals surface area contributed by atoms with Crippen molar-refractivity contribution in [2.75, 3.05) is 0 Å². The molecule has 4 heteroatoms. The quantitative estimate of drug-likeness (QED) is 0.589. The lowest BCUT2D eigenvalue weighted by molar-refractivity contribution is 1.39. The molecule has 0 unspecified atom stereocenters. The third-order valence-electron chi connectivity index (χ3n) is 1.45. The summed E-state index contributed by atoms with van der Waals surface area (Å²) in [6.07, 6.45) is 0. The molecule has 0 saturated carbocycles. The second-order valence-electron chi connectivity index (χ2n) is 2.24. The molecule has 0 saturated heterocycles. The van der Waals surface area contributed by atoms with Crippen molar-refractivity contribution in [1.29, 1.82) is 0 Å². The number of nitrogens with zero attached hydrogens (tertiary/aromatic N) is 2. The Kier molecular flexibility index (Phi) is 1.55. The van der Waals surface area contributed by atoms with Crippen LogP contribution in [0.5, 0.6) is 0 Å². The number of hydrogen-bond acceptors (Lipinski definition) is 3. The fourth-order valence-corrected chi connectivity index (χ4v) is 1.69. The molecule has 11 heavy (non-hydrogen) atoms. The van der Waals surface area contributed by atoms with Gasteiger partial charge in [-0.15, -0.1) is 0 Å². The minimum absolute atomic E-state index is 0.529. The minimum Gasteiger partial charge on any atom is -0.233 e. The molecule has 2 nitrogen and oxygen atoms in total. The molecule has 2 aromatic rings. The molecule has 0 spiro atoms. The van der Waals surface area contributed by atoms with Crippen molar-refractivity contribution < 1.29 is 0 Å². The molecule has 0 aliphatic carbocycles. The zero-order valence-electron chi connectivity index (χ0n) is 5.84. The van der Waals surface area contributed by atoms with Crippen LogP contribution in [0.4, 0.5) is 0 Å². The van der Waals surface area contributed by atoms with Crippen LogP contribution in [0, 0.1) is 6.92 Å². The molecule has 0 aromatic carbocycles. The minimum atomic E-state index is 0.529.